The largest absolute Gasteiger partial charge is 0.183 e. The standard InChI is InChI=1S/C23H33O3.CH4S.Hg/c1-2-3-4-5-6-7-9-17-12-13-19-15-21-18(14-20(17)19)10-8-11-22(21)26-16-23(24)25;1-2;/h6,8,10-11,17,19-20H,2-5,7,9,12-16H2,1H3,(H,24,25);2H,1H3;/t17-,19+,20+;;/m0../s1. The summed E-state index contributed by atoms with van der Waals surface area (Å²) in [6.45, 7) is 2.05. The summed E-state index contributed by atoms with van der Waals surface area (Å²) >= 11 is 4.44. The van der Waals surface area contributed by atoms with Gasteiger partial charge in [-0.05, 0) is 6.26 Å². The topological polar surface area (TPSA) is 46.5 Å². The number of aliphatic carboxylic acids is 1. The summed E-state index contributed by atoms with van der Waals surface area (Å²) in [6, 6.07) is 6.21. The second-order valence-electron chi connectivity index (χ2n) is 8.69. The molecule has 3 nitrogen and oxygen atoms in total. The van der Waals surface area contributed by atoms with Gasteiger partial charge >= 0.3 is 171 Å². The number of unbranched alkanes of at least 4 members (excludes halogenated alkanes) is 2. The van der Waals surface area contributed by atoms with Crippen LogP contribution in [-0.4, -0.2) is 23.9 Å². The number of thiol groups is 1. The van der Waals surface area contributed by atoms with Gasteiger partial charge in [-0.3, -0.25) is 0 Å². The molecular formula is C24H37HgO3S. The molecule has 1 unspecified atom stereocenters. The number of carbonyl (C=O) groups is 1. The maximum Gasteiger partial charge on any atom is -0.0215 e. The SMILES string of the molecule is CCCCC[CH]([Hg])CC[C@H]1CC[C@@H]2Cc3c(cccc3OCC(=O)O)C[C@H]12.CS. The molecule has 29 heavy (non-hydrogen) atoms. The zero-order chi connectivity index (χ0) is 21.2. The van der Waals surface area contributed by atoms with Crippen molar-refractivity contribution in [3.63, 3.8) is 0 Å². The molecule has 1 N–H and O–H groups in total. The number of fused-ring (bicyclic) bond motifs is 2. The first kappa shape index (κ1) is 25.0. The molecule has 5 heteroatoms. The molecule has 159 valence electrons. The van der Waals surface area contributed by atoms with Gasteiger partial charge in [-0.25, -0.2) is 4.79 Å². The van der Waals surface area contributed by atoms with Gasteiger partial charge in [0.15, 0.2) is 0 Å². The molecule has 0 bridgehead atoms. The molecule has 1 saturated carbocycles. The Hall–Kier alpha value is -0.225. The van der Waals surface area contributed by atoms with Crippen LogP contribution in [-0.2, 0) is 43.8 Å². The number of hydrogen-bond acceptors (Lipinski definition) is 3. The molecule has 4 atom stereocenters. The van der Waals surface area contributed by atoms with Crippen LogP contribution in [0, 0.1) is 17.8 Å². The van der Waals surface area contributed by atoms with Gasteiger partial charge in [0.2, 0.25) is 0 Å². The Bertz CT molecular complexity index is 637. The summed E-state index contributed by atoms with van der Waals surface area (Å²) in [4.78, 5) is 10.9. The predicted molar refractivity (Wildman–Crippen MR) is 119 cm³/mol. The van der Waals surface area contributed by atoms with Crippen molar-refractivity contribution in [2.45, 2.75) is 74.6 Å². The summed E-state index contributed by atoms with van der Waals surface area (Å²) in [5, 5.41) is 8.91. The Balaban J connectivity index is 0.00000145. The van der Waals surface area contributed by atoms with E-state index in [2.05, 4.69) is 25.6 Å². The average molecular weight is 606 g/mol. The zero-order valence-electron chi connectivity index (χ0n) is 18.2. The van der Waals surface area contributed by atoms with Crippen LogP contribution in [0.15, 0.2) is 18.2 Å². The molecule has 0 saturated heterocycles. The van der Waals surface area contributed by atoms with Crippen molar-refractivity contribution in [1.29, 1.82) is 0 Å². The second-order valence-corrected chi connectivity index (χ2v) is 13.2. The maximum absolute atomic E-state index is 10.9. The van der Waals surface area contributed by atoms with Gasteiger partial charge in [-0.1, -0.05) is 0 Å². The molecule has 0 heterocycles. The summed E-state index contributed by atoms with van der Waals surface area (Å²) in [5.74, 6) is 2.41. The van der Waals surface area contributed by atoms with E-state index in [9.17, 15) is 4.79 Å². The Morgan fingerprint density at radius 2 is 2.03 bits per heavy atom. The van der Waals surface area contributed by atoms with E-state index < -0.39 is 5.97 Å². The van der Waals surface area contributed by atoms with Crippen molar-refractivity contribution < 1.29 is 40.8 Å². The van der Waals surface area contributed by atoms with Gasteiger partial charge < -0.3 is 5.11 Å². The number of carboxylic acid groups (broad SMARTS) is 1. The van der Waals surface area contributed by atoms with Gasteiger partial charge in [0.1, 0.15) is 0 Å². The summed E-state index contributed by atoms with van der Waals surface area (Å²) in [7, 11) is 0. The third-order valence-electron chi connectivity index (χ3n) is 6.78. The van der Waals surface area contributed by atoms with Gasteiger partial charge in [0.05, 0.1) is 0 Å². The molecule has 3 rings (SSSR count). The van der Waals surface area contributed by atoms with Crippen LogP contribution in [0.5, 0.6) is 5.75 Å². The molecule has 0 amide bonds. The minimum Gasteiger partial charge on any atom is -0.183 e. The van der Waals surface area contributed by atoms with E-state index in [1.165, 1.54) is 68.9 Å². The Morgan fingerprint density at radius 1 is 1.24 bits per heavy atom. The van der Waals surface area contributed by atoms with Crippen LogP contribution in [0.1, 0.15) is 69.4 Å². The zero-order valence-corrected chi connectivity index (χ0v) is 24.6. The van der Waals surface area contributed by atoms with Crippen molar-refractivity contribution in [3.05, 3.63) is 29.3 Å². The van der Waals surface area contributed by atoms with E-state index in [1.807, 2.05) is 12.1 Å². The van der Waals surface area contributed by atoms with Crippen LogP contribution in [0.25, 0.3) is 0 Å². The summed E-state index contributed by atoms with van der Waals surface area (Å²) < 4.78 is 6.63. The molecule has 1 aromatic carbocycles. The molecule has 0 spiro atoms. The third-order valence-corrected chi connectivity index (χ3v) is 9.96. The second kappa shape index (κ2) is 13.2. The number of rotatable bonds is 10. The Kier molecular flexibility index (Phi) is 11.4. The molecule has 2 aliphatic carbocycles. The number of carboxylic acids is 1. The van der Waals surface area contributed by atoms with Crippen LogP contribution in [0.3, 0.4) is 0 Å². The molecule has 1 fully saturated rings. The van der Waals surface area contributed by atoms with Gasteiger partial charge in [0.25, 0.3) is 0 Å². The van der Waals surface area contributed by atoms with E-state index in [1.54, 1.807) is 6.26 Å². The Labute approximate surface area is 198 Å². The van der Waals surface area contributed by atoms with E-state index in [-0.39, 0.29) is 6.61 Å². The molecule has 1 aromatic rings. The fourth-order valence-electron chi connectivity index (χ4n) is 5.29. The predicted octanol–water partition coefficient (Wildman–Crippen LogP) is 6.13. The van der Waals surface area contributed by atoms with E-state index in [0.29, 0.717) is 0 Å². The first-order valence-electron chi connectivity index (χ1n) is 11.3. The van der Waals surface area contributed by atoms with Crippen LogP contribution in [0.4, 0.5) is 0 Å². The first-order valence-corrected chi connectivity index (χ1v) is 15.4. The molecule has 0 aliphatic heterocycles. The minimum atomic E-state index is -0.903. The Morgan fingerprint density at radius 3 is 2.76 bits per heavy atom. The van der Waals surface area contributed by atoms with Crippen molar-refractivity contribution in [3.8, 4) is 5.75 Å². The van der Waals surface area contributed by atoms with Crippen LogP contribution < -0.4 is 4.74 Å². The smallest absolute Gasteiger partial charge is 0.0215 e. The van der Waals surface area contributed by atoms with E-state index in [4.69, 9.17) is 9.84 Å². The van der Waals surface area contributed by atoms with Crippen molar-refractivity contribution >= 4 is 18.6 Å². The van der Waals surface area contributed by atoms with Gasteiger partial charge in [0, 0.05) is 0 Å². The van der Waals surface area contributed by atoms with E-state index >= 15 is 0 Å². The van der Waals surface area contributed by atoms with Crippen molar-refractivity contribution in [2.24, 2.45) is 17.8 Å². The van der Waals surface area contributed by atoms with Gasteiger partial charge in [-0.15, -0.1) is 0 Å². The normalized spacial score (nSPS) is 23.4. The van der Waals surface area contributed by atoms with Crippen molar-refractivity contribution in [1.82, 2.24) is 0 Å². The monoisotopic (exact) mass is 607 g/mol. The van der Waals surface area contributed by atoms with Crippen molar-refractivity contribution in [2.75, 3.05) is 12.9 Å². The quantitative estimate of drug-likeness (QED) is 0.192. The number of hydrogen-bond donors (Lipinski definition) is 2. The van der Waals surface area contributed by atoms with Gasteiger partial charge in [-0.2, -0.15) is 12.6 Å². The fourth-order valence-corrected chi connectivity index (χ4v) is 7.33. The first-order chi connectivity index (χ1) is 14.1. The fraction of sp³-hybridized carbons (Fsp3) is 0.708. The molecule has 2 aliphatic rings. The number of benzene rings is 1. The minimum absolute atomic E-state index is 0.242. The average Bonchev–Trinajstić information content (AvgIpc) is 3.12. The summed E-state index contributed by atoms with van der Waals surface area (Å²) in [5.41, 5.74) is 2.68. The maximum atomic E-state index is 10.9. The summed E-state index contributed by atoms with van der Waals surface area (Å²) in [6.07, 6.45) is 15.2. The van der Waals surface area contributed by atoms with Crippen LogP contribution >= 0.6 is 12.6 Å². The van der Waals surface area contributed by atoms with Crippen LogP contribution in [0.2, 0.25) is 3.43 Å². The molecule has 0 aromatic heterocycles. The van der Waals surface area contributed by atoms with E-state index in [0.717, 1.165) is 59.5 Å². The number of ether oxygens (including phenoxy) is 1. The molecular weight excluding hydrogens is 569 g/mol. The molecule has 0 radical (unpaired) electrons. The third kappa shape index (κ3) is 7.45.